The molecule has 0 saturated carbocycles. The van der Waals surface area contributed by atoms with Crippen LogP contribution in [0.4, 0.5) is 0 Å². The lowest BCUT2D eigenvalue weighted by atomic mass is 10.2. The molecule has 0 heterocycles. The second kappa shape index (κ2) is 8.67. The van der Waals surface area contributed by atoms with Crippen molar-refractivity contribution in [1.29, 1.82) is 0 Å². The fourth-order valence-corrected chi connectivity index (χ4v) is 2.15. The summed E-state index contributed by atoms with van der Waals surface area (Å²) in [6, 6.07) is 0. The molecule has 0 aliphatic carbocycles. The van der Waals surface area contributed by atoms with E-state index in [4.69, 9.17) is 9.53 Å². The molecule has 0 radical (unpaired) electrons. The Kier molecular flexibility index (Phi) is 8.49. The van der Waals surface area contributed by atoms with Crippen molar-refractivity contribution in [3.05, 3.63) is 24.3 Å². The van der Waals surface area contributed by atoms with Crippen molar-refractivity contribution < 1.29 is 9.53 Å². The largest absolute Gasteiger partial charge is 0.413 e. The minimum Gasteiger partial charge on any atom is -0.413 e. The summed E-state index contributed by atoms with van der Waals surface area (Å²) in [6.45, 7) is 12.2. The first-order chi connectivity index (χ1) is 8.31. The van der Waals surface area contributed by atoms with Gasteiger partial charge in [-0.2, -0.15) is 0 Å². The normalized spacial score (nSPS) is 13.9. The van der Waals surface area contributed by atoms with Gasteiger partial charge in [-0.3, -0.25) is 0 Å². The van der Waals surface area contributed by atoms with Gasteiger partial charge in [0.25, 0.3) is 0 Å². The van der Waals surface area contributed by atoms with E-state index in [0.29, 0.717) is 0 Å². The lowest BCUT2D eigenvalue weighted by molar-refractivity contribution is 0.327. The quantitative estimate of drug-likeness (QED) is 0.405. The van der Waals surface area contributed by atoms with Crippen molar-refractivity contribution in [3.8, 4) is 0 Å². The van der Waals surface area contributed by atoms with E-state index in [1.807, 2.05) is 6.08 Å². The van der Waals surface area contributed by atoms with Gasteiger partial charge in [0.2, 0.25) is 0 Å². The van der Waals surface area contributed by atoms with E-state index < -0.39 is 8.32 Å². The maximum Gasteiger partial charge on any atom is 0.192 e. The Morgan fingerprint density at radius 2 is 1.56 bits per heavy atom. The van der Waals surface area contributed by atoms with E-state index in [1.165, 1.54) is 0 Å². The monoisotopic (exact) mass is 270 g/mol. The number of hydrogen-bond donors (Lipinski definition) is 1. The van der Waals surface area contributed by atoms with Crippen molar-refractivity contribution in [2.75, 3.05) is 13.2 Å². The Bertz CT molecular complexity index is 262. The van der Waals surface area contributed by atoms with Gasteiger partial charge in [-0.15, -0.1) is 0 Å². The average molecular weight is 270 g/mol. The van der Waals surface area contributed by atoms with E-state index in [-0.39, 0.29) is 11.6 Å². The fourth-order valence-electron chi connectivity index (χ4n) is 1.20. The van der Waals surface area contributed by atoms with E-state index in [9.17, 15) is 0 Å². The van der Waals surface area contributed by atoms with Gasteiger partial charge in [-0.05, 0) is 37.4 Å². The molecule has 106 valence electrons. The zero-order valence-electron chi connectivity index (χ0n) is 12.7. The van der Waals surface area contributed by atoms with Gasteiger partial charge in [0.05, 0.1) is 13.2 Å². The summed E-state index contributed by atoms with van der Waals surface area (Å²) < 4.78 is 6.04. The predicted octanol–water partition coefficient (Wildman–Crippen LogP) is 4.28. The van der Waals surface area contributed by atoms with Crippen LogP contribution >= 0.6 is 0 Å². The molecule has 0 aliphatic rings. The highest BCUT2D eigenvalue weighted by atomic mass is 28.4. The molecule has 0 spiro atoms. The van der Waals surface area contributed by atoms with Crippen molar-refractivity contribution >= 4 is 8.32 Å². The topological polar surface area (TPSA) is 29.5 Å². The Hall–Kier alpha value is -0.383. The van der Waals surface area contributed by atoms with Gasteiger partial charge in [-0.1, -0.05) is 45.1 Å². The average Bonchev–Trinajstić information content (AvgIpc) is 2.25. The molecule has 0 rings (SSSR count). The zero-order chi connectivity index (χ0) is 14.1. The van der Waals surface area contributed by atoms with Crippen LogP contribution in [0.1, 0.15) is 40.0 Å². The minimum absolute atomic E-state index is 0.149. The standard InChI is InChI=1S/C15H30O2Si/c1-15(2,3)18(4,5)17-14-12-10-8-6-7-9-11-13-16/h9-12,16H,6-8,13-14H2,1-5H3/b11-9-,12-10-. The van der Waals surface area contributed by atoms with Gasteiger partial charge in [0.15, 0.2) is 8.32 Å². The zero-order valence-corrected chi connectivity index (χ0v) is 13.7. The SMILES string of the molecule is CC(C)(C)[Si](C)(C)OC/C=C\CCC/C=C\CO. The molecule has 0 aromatic rings. The Balaban J connectivity index is 3.69. The van der Waals surface area contributed by atoms with Crippen molar-refractivity contribution in [1.82, 2.24) is 0 Å². The van der Waals surface area contributed by atoms with Gasteiger partial charge < -0.3 is 9.53 Å². The highest BCUT2D eigenvalue weighted by molar-refractivity contribution is 6.74. The van der Waals surface area contributed by atoms with Crippen LogP contribution in [0.25, 0.3) is 0 Å². The Morgan fingerprint density at radius 1 is 1.00 bits per heavy atom. The number of allylic oxidation sites excluding steroid dienone is 2. The second-order valence-electron chi connectivity index (χ2n) is 6.13. The van der Waals surface area contributed by atoms with E-state index in [2.05, 4.69) is 46.0 Å². The molecule has 1 N–H and O–H groups in total. The van der Waals surface area contributed by atoms with Crippen LogP contribution in [0.15, 0.2) is 24.3 Å². The summed E-state index contributed by atoms with van der Waals surface area (Å²) in [5, 5.41) is 8.85. The Labute approximate surface area is 114 Å². The molecular weight excluding hydrogens is 240 g/mol. The third kappa shape index (κ3) is 7.85. The molecule has 0 unspecified atom stereocenters. The first-order valence-corrected chi connectivity index (χ1v) is 9.77. The molecule has 0 amide bonds. The molecule has 0 aliphatic heterocycles. The fraction of sp³-hybridized carbons (Fsp3) is 0.733. The highest BCUT2D eigenvalue weighted by Crippen LogP contribution is 2.36. The third-order valence-electron chi connectivity index (χ3n) is 3.53. The summed E-state index contributed by atoms with van der Waals surface area (Å²) in [5.41, 5.74) is 0. The first-order valence-electron chi connectivity index (χ1n) is 6.86. The molecule has 0 saturated heterocycles. The first kappa shape index (κ1) is 17.6. The molecule has 0 aromatic carbocycles. The van der Waals surface area contributed by atoms with Crippen molar-refractivity contribution in [2.24, 2.45) is 0 Å². The lowest BCUT2D eigenvalue weighted by Gasteiger charge is -2.35. The minimum atomic E-state index is -1.58. The maximum atomic E-state index is 8.57. The van der Waals surface area contributed by atoms with Crippen LogP contribution in [0.3, 0.4) is 0 Å². The number of unbranched alkanes of at least 4 members (excludes halogenated alkanes) is 2. The van der Waals surface area contributed by atoms with Gasteiger partial charge in [-0.25, -0.2) is 0 Å². The summed E-state index contributed by atoms with van der Waals surface area (Å²) >= 11 is 0. The summed E-state index contributed by atoms with van der Waals surface area (Å²) in [7, 11) is -1.58. The molecule has 2 nitrogen and oxygen atoms in total. The van der Waals surface area contributed by atoms with E-state index >= 15 is 0 Å². The molecule has 0 aromatic heterocycles. The molecule has 18 heavy (non-hydrogen) atoms. The van der Waals surface area contributed by atoms with Crippen LogP contribution in [-0.2, 0) is 4.43 Å². The van der Waals surface area contributed by atoms with Gasteiger partial charge in [0.1, 0.15) is 0 Å². The number of hydrogen-bond acceptors (Lipinski definition) is 2. The molecule has 0 bridgehead atoms. The summed E-state index contributed by atoms with van der Waals surface area (Å²) in [6.07, 6.45) is 11.4. The van der Waals surface area contributed by atoms with Crippen LogP contribution in [-0.4, -0.2) is 26.6 Å². The van der Waals surface area contributed by atoms with Crippen LogP contribution in [0.5, 0.6) is 0 Å². The highest BCUT2D eigenvalue weighted by Gasteiger charge is 2.36. The number of aliphatic hydroxyl groups is 1. The molecule has 3 heteroatoms. The van der Waals surface area contributed by atoms with Crippen LogP contribution < -0.4 is 0 Å². The van der Waals surface area contributed by atoms with Crippen LogP contribution in [0.2, 0.25) is 18.1 Å². The molecule has 0 fully saturated rings. The number of rotatable bonds is 8. The predicted molar refractivity (Wildman–Crippen MR) is 82.4 cm³/mol. The smallest absolute Gasteiger partial charge is 0.192 e. The Morgan fingerprint density at radius 3 is 2.06 bits per heavy atom. The van der Waals surface area contributed by atoms with Gasteiger partial charge in [0, 0.05) is 0 Å². The van der Waals surface area contributed by atoms with Crippen molar-refractivity contribution in [3.63, 3.8) is 0 Å². The molecular formula is C15H30O2Si. The second-order valence-corrected chi connectivity index (χ2v) is 10.9. The van der Waals surface area contributed by atoms with Crippen molar-refractivity contribution in [2.45, 2.75) is 58.2 Å². The van der Waals surface area contributed by atoms with Gasteiger partial charge >= 0.3 is 0 Å². The summed E-state index contributed by atoms with van der Waals surface area (Å²) in [5.74, 6) is 0. The lowest BCUT2D eigenvalue weighted by Crippen LogP contribution is -2.40. The molecule has 0 atom stereocenters. The maximum absolute atomic E-state index is 8.57. The third-order valence-corrected chi connectivity index (χ3v) is 8.03. The summed E-state index contributed by atoms with van der Waals surface area (Å²) in [4.78, 5) is 0. The van der Waals surface area contributed by atoms with E-state index in [0.717, 1.165) is 25.9 Å². The number of aliphatic hydroxyl groups excluding tert-OH is 1. The van der Waals surface area contributed by atoms with Crippen LogP contribution in [0, 0.1) is 0 Å². The van der Waals surface area contributed by atoms with E-state index in [1.54, 1.807) is 6.08 Å².